The number of rotatable bonds is 4. The number of carbonyl (C=O) groups is 1. The third kappa shape index (κ3) is 4.79. The molecule has 0 bridgehead atoms. The van der Waals surface area contributed by atoms with Crippen LogP contribution in [0.1, 0.15) is 35.9 Å². The number of ether oxygens (including phenoxy) is 1. The van der Waals surface area contributed by atoms with E-state index in [0.717, 1.165) is 30.1 Å². The molecule has 2 atom stereocenters. The molecule has 2 aromatic carbocycles. The number of Topliss-reactive ketones (excluding diaryl/α,β-unsaturated/α-hetero) is 1. The predicted octanol–water partition coefficient (Wildman–Crippen LogP) is 6.59. The van der Waals surface area contributed by atoms with E-state index in [2.05, 4.69) is 63.9 Å². The lowest BCUT2D eigenvalue weighted by atomic mass is 9.96. The standard InChI is InChI=1S/C20H18ClI2NO2S2/c1-3-24(4-2)20(27)28-19-16(25)14-9-13(22)10-15(23)18(14)26-17(19)11-5-7-12(21)8-6-11/h5-10,17,19H,3-4H2,1-2H3. The summed E-state index contributed by atoms with van der Waals surface area (Å²) < 4.78 is 9.06. The molecule has 0 aromatic heterocycles. The monoisotopic (exact) mass is 657 g/mol. The zero-order valence-corrected chi connectivity index (χ0v) is 22.0. The summed E-state index contributed by atoms with van der Waals surface area (Å²) in [4.78, 5) is 15.6. The van der Waals surface area contributed by atoms with Crippen molar-refractivity contribution in [3.8, 4) is 5.75 Å². The highest BCUT2D eigenvalue weighted by atomic mass is 127. The largest absolute Gasteiger partial charge is 0.482 e. The maximum absolute atomic E-state index is 13.5. The number of thiocarbonyl (C=S) groups is 1. The number of hydrogen-bond acceptors (Lipinski definition) is 4. The number of benzene rings is 2. The van der Waals surface area contributed by atoms with E-state index in [0.29, 0.717) is 16.3 Å². The minimum Gasteiger partial charge on any atom is -0.482 e. The highest BCUT2D eigenvalue weighted by Gasteiger charge is 2.41. The minimum atomic E-state index is -0.448. The Hall–Kier alpha value is -0.100. The van der Waals surface area contributed by atoms with Crippen LogP contribution in [0.25, 0.3) is 0 Å². The lowest BCUT2D eigenvalue weighted by Gasteiger charge is -2.34. The number of thioether (sulfide) groups is 1. The molecule has 0 fully saturated rings. The average molecular weight is 658 g/mol. The van der Waals surface area contributed by atoms with Crippen molar-refractivity contribution < 1.29 is 9.53 Å². The van der Waals surface area contributed by atoms with Gasteiger partial charge >= 0.3 is 0 Å². The molecule has 28 heavy (non-hydrogen) atoms. The Morgan fingerprint density at radius 2 is 1.86 bits per heavy atom. The van der Waals surface area contributed by atoms with Gasteiger partial charge in [0.05, 0.1) is 9.13 Å². The van der Waals surface area contributed by atoms with Crippen LogP contribution in [0.5, 0.6) is 5.75 Å². The second kappa shape index (κ2) is 9.80. The average Bonchev–Trinajstić information content (AvgIpc) is 2.66. The number of fused-ring (bicyclic) bond motifs is 1. The van der Waals surface area contributed by atoms with Gasteiger partial charge in [-0.05, 0) is 88.9 Å². The molecular formula is C20H18ClI2NO2S2. The van der Waals surface area contributed by atoms with E-state index in [4.69, 9.17) is 28.6 Å². The van der Waals surface area contributed by atoms with E-state index in [1.807, 2.05) is 36.4 Å². The first kappa shape index (κ1) is 22.6. The van der Waals surface area contributed by atoms with Crippen LogP contribution in [0.4, 0.5) is 0 Å². The Bertz CT molecular complexity index is 904. The number of carbonyl (C=O) groups excluding carboxylic acids is 1. The summed E-state index contributed by atoms with van der Waals surface area (Å²) in [6, 6.07) is 11.4. The Morgan fingerprint density at radius 1 is 1.21 bits per heavy atom. The highest BCUT2D eigenvalue weighted by molar-refractivity contribution is 14.1. The van der Waals surface area contributed by atoms with Crippen LogP contribution in [0, 0.1) is 7.14 Å². The number of nitrogens with zero attached hydrogens (tertiary/aromatic N) is 1. The van der Waals surface area contributed by atoms with Crippen molar-refractivity contribution in [1.82, 2.24) is 4.90 Å². The molecule has 0 N–H and O–H groups in total. The van der Waals surface area contributed by atoms with E-state index >= 15 is 0 Å². The summed E-state index contributed by atoms with van der Waals surface area (Å²) in [5, 5.41) is 0.203. The molecule has 1 heterocycles. The molecule has 0 saturated carbocycles. The van der Waals surface area contributed by atoms with E-state index in [1.165, 1.54) is 11.8 Å². The van der Waals surface area contributed by atoms with E-state index in [-0.39, 0.29) is 5.78 Å². The number of hydrogen-bond donors (Lipinski definition) is 0. The van der Waals surface area contributed by atoms with Gasteiger partial charge in [-0.2, -0.15) is 0 Å². The molecule has 3 nitrogen and oxygen atoms in total. The van der Waals surface area contributed by atoms with Crippen molar-refractivity contribution in [1.29, 1.82) is 0 Å². The van der Waals surface area contributed by atoms with Gasteiger partial charge in [0.1, 0.15) is 21.4 Å². The van der Waals surface area contributed by atoms with E-state index < -0.39 is 11.4 Å². The first-order valence-electron chi connectivity index (χ1n) is 8.76. The summed E-state index contributed by atoms with van der Waals surface area (Å²) in [5.41, 5.74) is 1.54. The Labute approximate surface area is 207 Å². The molecule has 0 aliphatic carbocycles. The van der Waals surface area contributed by atoms with Crippen molar-refractivity contribution in [2.45, 2.75) is 25.2 Å². The number of ketones is 1. The molecule has 0 radical (unpaired) electrons. The van der Waals surface area contributed by atoms with Crippen molar-refractivity contribution in [2.75, 3.05) is 13.1 Å². The fraction of sp³-hybridized carbons (Fsp3) is 0.300. The zero-order chi connectivity index (χ0) is 20.4. The van der Waals surface area contributed by atoms with Crippen molar-refractivity contribution >= 4 is 90.9 Å². The van der Waals surface area contributed by atoms with Crippen LogP contribution in [-0.4, -0.2) is 33.3 Å². The fourth-order valence-corrected chi connectivity index (χ4v) is 6.88. The van der Waals surface area contributed by atoms with Gasteiger partial charge in [-0.25, -0.2) is 0 Å². The van der Waals surface area contributed by atoms with Crippen molar-refractivity contribution in [2.24, 2.45) is 0 Å². The molecule has 1 aliphatic heterocycles. The van der Waals surface area contributed by atoms with Crippen LogP contribution in [0.2, 0.25) is 5.02 Å². The summed E-state index contributed by atoms with van der Waals surface area (Å²) in [5.74, 6) is 0.703. The van der Waals surface area contributed by atoms with Gasteiger partial charge in [-0.15, -0.1) is 0 Å². The molecule has 8 heteroatoms. The third-order valence-corrected chi connectivity index (χ3v) is 7.90. The maximum atomic E-state index is 13.5. The van der Waals surface area contributed by atoms with Gasteiger partial charge in [0.2, 0.25) is 0 Å². The lowest BCUT2D eigenvalue weighted by Crippen LogP contribution is -2.38. The summed E-state index contributed by atoms with van der Waals surface area (Å²) in [6.45, 7) is 5.74. The van der Waals surface area contributed by atoms with Gasteiger partial charge in [0.15, 0.2) is 5.78 Å². The normalized spacial score (nSPS) is 18.4. The molecule has 148 valence electrons. The molecule has 2 aromatic rings. The summed E-state index contributed by atoms with van der Waals surface area (Å²) in [7, 11) is 0. The van der Waals surface area contributed by atoms with Crippen molar-refractivity contribution in [3.63, 3.8) is 0 Å². The highest BCUT2D eigenvalue weighted by Crippen LogP contribution is 2.44. The molecule has 3 rings (SSSR count). The lowest BCUT2D eigenvalue weighted by molar-refractivity contribution is 0.0866. The third-order valence-electron chi connectivity index (χ3n) is 4.50. The Balaban J connectivity index is 2.04. The first-order chi connectivity index (χ1) is 13.3. The van der Waals surface area contributed by atoms with Crippen LogP contribution in [-0.2, 0) is 0 Å². The van der Waals surface area contributed by atoms with Gasteiger partial charge in [-0.3, -0.25) is 4.79 Å². The predicted molar refractivity (Wildman–Crippen MR) is 138 cm³/mol. The minimum absolute atomic E-state index is 0.0529. The summed E-state index contributed by atoms with van der Waals surface area (Å²) in [6.07, 6.45) is -0.427. The summed E-state index contributed by atoms with van der Waals surface area (Å²) >= 11 is 17.6. The first-order valence-corrected chi connectivity index (χ1v) is 12.6. The van der Waals surface area contributed by atoms with Gasteiger partial charge in [0.25, 0.3) is 0 Å². The SMILES string of the molecule is CCN(CC)C(=S)SC1C(=O)c2cc(I)cc(I)c2OC1c1ccc(Cl)cc1. The Morgan fingerprint density at radius 3 is 2.46 bits per heavy atom. The molecule has 0 amide bonds. The Kier molecular flexibility index (Phi) is 7.91. The molecular weight excluding hydrogens is 640 g/mol. The van der Waals surface area contributed by atoms with Crippen LogP contribution in [0.15, 0.2) is 36.4 Å². The maximum Gasteiger partial charge on any atom is 0.184 e. The topological polar surface area (TPSA) is 29.5 Å². The fourth-order valence-electron chi connectivity index (χ4n) is 3.02. The van der Waals surface area contributed by atoms with Crippen LogP contribution >= 0.6 is 80.8 Å². The second-order valence-electron chi connectivity index (χ2n) is 6.20. The van der Waals surface area contributed by atoms with Gasteiger partial charge < -0.3 is 9.64 Å². The quantitative estimate of drug-likeness (QED) is 0.274. The van der Waals surface area contributed by atoms with Crippen LogP contribution in [0.3, 0.4) is 0 Å². The number of halogens is 3. The molecule has 2 unspecified atom stereocenters. The van der Waals surface area contributed by atoms with E-state index in [9.17, 15) is 4.79 Å². The zero-order valence-electron chi connectivity index (χ0n) is 15.2. The van der Waals surface area contributed by atoms with Gasteiger partial charge in [-0.1, -0.05) is 47.7 Å². The molecule has 1 aliphatic rings. The van der Waals surface area contributed by atoms with Crippen LogP contribution < -0.4 is 4.74 Å². The molecule has 0 spiro atoms. The van der Waals surface area contributed by atoms with Gasteiger partial charge in [0, 0.05) is 21.7 Å². The second-order valence-corrected chi connectivity index (χ2v) is 10.8. The molecule has 0 saturated heterocycles. The van der Waals surface area contributed by atoms with E-state index in [1.54, 1.807) is 0 Å². The smallest absolute Gasteiger partial charge is 0.184 e. The van der Waals surface area contributed by atoms with Crippen molar-refractivity contribution in [3.05, 3.63) is 59.7 Å².